The summed E-state index contributed by atoms with van der Waals surface area (Å²) in [5.41, 5.74) is 6.28. The van der Waals surface area contributed by atoms with Crippen molar-refractivity contribution in [3.05, 3.63) is 106 Å². The van der Waals surface area contributed by atoms with Crippen LogP contribution < -0.4 is 0 Å². The van der Waals surface area contributed by atoms with Crippen LogP contribution in [0.15, 0.2) is 100 Å². The molecule has 0 atom stereocenters. The molecule has 3 aromatic rings. The molecule has 0 aliphatic rings. The van der Waals surface area contributed by atoms with Crippen LogP contribution in [0.1, 0.15) is 12.6 Å². The van der Waals surface area contributed by atoms with Crippen LogP contribution >= 0.6 is 31.9 Å². The lowest BCUT2D eigenvalue weighted by Gasteiger charge is -2.11. The van der Waals surface area contributed by atoms with Gasteiger partial charge in [-0.15, -0.1) is 0 Å². The van der Waals surface area contributed by atoms with Crippen LogP contribution in [-0.4, -0.2) is 4.98 Å². The molecule has 0 fully saturated rings. The van der Waals surface area contributed by atoms with Gasteiger partial charge in [-0.05, 0) is 54.0 Å². The molecule has 0 bridgehead atoms. The number of hydrogen-bond donors (Lipinski definition) is 0. The lowest BCUT2D eigenvalue weighted by atomic mass is 10.00. The number of benzene rings is 2. The van der Waals surface area contributed by atoms with E-state index < -0.39 is 0 Å². The Morgan fingerprint density at radius 2 is 1.56 bits per heavy atom. The molecule has 0 saturated carbocycles. The molecule has 27 heavy (non-hydrogen) atoms. The number of allylic oxidation sites excluding steroid dienone is 5. The molecule has 1 aromatic heterocycles. The number of rotatable bonds is 5. The first-order chi connectivity index (χ1) is 13.1. The molecule has 0 aliphatic carbocycles. The third-order valence-corrected chi connectivity index (χ3v) is 5.03. The summed E-state index contributed by atoms with van der Waals surface area (Å²) < 4.78 is 2.06. The number of aromatic nitrogens is 1. The third kappa shape index (κ3) is 4.94. The summed E-state index contributed by atoms with van der Waals surface area (Å²) in [6, 6.07) is 20.8. The Labute approximate surface area is 177 Å². The van der Waals surface area contributed by atoms with E-state index in [0.717, 1.165) is 42.6 Å². The summed E-state index contributed by atoms with van der Waals surface area (Å²) in [7, 11) is 0. The van der Waals surface area contributed by atoms with Gasteiger partial charge in [0, 0.05) is 14.5 Å². The first-order valence-corrected chi connectivity index (χ1v) is 10.2. The topological polar surface area (TPSA) is 12.9 Å². The smallest absolute Gasteiger partial charge is 0.0715 e. The highest BCUT2D eigenvalue weighted by Gasteiger charge is 2.10. The number of pyridine rings is 1. The van der Waals surface area contributed by atoms with E-state index in [0.29, 0.717) is 0 Å². The minimum absolute atomic E-state index is 0.933. The molecule has 0 saturated heterocycles. The van der Waals surface area contributed by atoms with Crippen LogP contribution in [-0.2, 0) is 0 Å². The van der Waals surface area contributed by atoms with E-state index in [1.807, 2.05) is 43.3 Å². The van der Waals surface area contributed by atoms with Crippen molar-refractivity contribution in [2.24, 2.45) is 0 Å². The van der Waals surface area contributed by atoms with Gasteiger partial charge >= 0.3 is 0 Å². The fourth-order valence-corrected chi connectivity index (χ4v) is 4.12. The molecule has 134 valence electrons. The zero-order valence-corrected chi connectivity index (χ0v) is 18.2. The molecule has 0 amide bonds. The number of nitrogens with zero attached hydrogens (tertiary/aromatic N) is 1. The van der Waals surface area contributed by atoms with E-state index in [-0.39, 0.29) is 0 Å². The van der Waals surface area contributed by atoms with Crippen molar-refractivity contribution in [3.63, 3.8) is 0 Å². The van der Waals surface area contributed by atoms with Gasteiger partial charge in [-0.3, -0.25) is 0 Å². The van der Waals surface area contributed by atoms with Gasteiger partial charge in [0.15, 0.2) is 0 Å². The van der Waals surface area contributed by atoms with E-state index >= 15 is 0 Å². The van der Waals surface area contributed by atoms with Gasteiger partial charge in [0.25, 0.3) is 0 Å². The lowest BCUT2D eigenvalue weighted by molar-refractivity contribution is 1.28. The van der Waals surface area contributed by atoms with E-state index in [1.165, 1.54) is 0 Å². The predicted molar refractivity (Wildman–Crippen MR) is 123 cm³/mol. The van der Waals surface area contributed by atoms with E-state index in [1.54, 1.807) is 6.08 Å². The van der Waals surface area contributed by atoms with Crippen molar-refractivity contribution in [2.45, 2.75) is 6.92 Å². The molecular formula is C24H19Br2N. The molecule has 3 rings (SSSR count). The van der Waals surface area contributed by atoms with Crippen molar-refractivity contribution < 1.29 is 0 Å². The summed E-state index contributed by atoms with van der Waals surface area (Å²) in [6.45, 7) is 5.79. The monoisotopic (exact) mass is 479 g/mol. The van der Waals surface area contributed by atoms with Gasteiger partial charge in [-0.25, -0.2) is 4.98 Å². The van der Waals surface area contributed by atoms with Crippen molar-refractivity contribution in [2.75, 3.05) is 0 Å². The summed E-state index contributed by atoms with van der Waals surface area (Å²) in [5, 5.41) is 0. The Morgan fingerprint density at radius 3 is 2.19 bits per heavy atom. The van der Waals surface area contributed by atoms with Gasteiger partial charge in [0.1, 0.15) is 0 Å². The second-order valence-corrected chi connectivity index (χ2v) is 7.82. The van der Waals surface area contributed by atoms with E-state index in [4.69, 9.17) is 4.98 Å². The van der Waals surface area contributed by atoms with Crippen LogP contribution in [0.5, 0.6) is 0 Å². The van der Waals surface area contributed by atoms with Gasteiger partial charge in [0.05, 0.1) is 11.4 Å². The van der Waals surface area contributed by atoms with Crippen molar-refractivity contribution in [1.29, 1.82) is 0 Å². The third-order valence-electron chi connectivity index (χ3n) is 4.11. The van der Waals surface area contributed by atoms with Crippen LogP contribution in [0.25, 0.3) is 28.0 Å². The van der Waals surface area contributed by atoms with Gasteiger partial charge < -0.3 is 0 Å². The average Bonchev–Trinajstić information content (AvgIpc) is 2.68. The number of halogens is 2. The molecule has 2 aromatic carbocycles. The maximum atomic E-state index is 4.92. The zero-order chi connectivity index (χ0) is 19.2. The van der Waals surface area contributed by atoms with Crippen molar-refractivity contribution in [1.82, 2.24) is 4.98 Å². The van der Waals surface area contributed by atoms with Gasteiger partial charge in [-0.1, -0.05) is 93.1 Å². The maximum Gasteiger partial charge on any atom is 0.0715 e. The van der Waals surface area contributed by atoms with E-state index in [9.17, 15) is 0 Å². The second-order valence-electron chi connectivity index (χ2n) is 5.99. The van der Waals surface area contributed by atoms with Crippen molar-refractivity contribution in [3.8, 4) is 22.4 Å². The lowest BCUT2D eigenvalue weighted by Crippen LogP contribution is -1.93. The minimum atomic E-state index is 0.933. The standard InChI is InChI=1S/C24H19Br2N/c1-3-5-9-17(4-2)23-14-20(19-12-21(25)16-22(26)13-19)15-24(27-23)18-10-7-6-8-11-18/h3-16H,1H2,2H3/b9-5-,17-4+. The quantitative estimate of drug-likeness (QED) is 0.336. The molecular weight excluding hydrogens is 462 g/mol. The molecule has 0 aliphatic heterocycles. The molecule has 1 nitrogen and oxygen atoms in total. The fourth-order valence-electron chi connectivity index (χ4n) is 2.82. The second kappa shape index (κ2) is 9.12. The van der Waals surface area contributed by atoms with Crippen LogP contribution in [0.3, 0.4) is 0 Å². The van der Waals surface area contributed by atoms with Gasteiger partial charge in [0.2, 0.25) is 0 Å². The largest absolute Gasteiger partial charge is 0.248 e. The maximum absolute atomic E-state index is 4.92. The first-order valence-electron chi connectivity index (χ1n) is 8.60. The van der Waals surface area contributed by atoms with Crippen LogP contribution in [0, 0.1) is 0 Å². The van der Waals surface area contributed by atoms with Crippen LogP contribution in [0.4, 0.5) is 0 Å². The minimum Gasteiger partial charge on any atom is -0.248 e. The highest BCUT2D eigenvalue weighted by atomic mass is 79.9. The predicted octanol–water partition coefficient (Wildman–Crippen LogP) is 8.09. The van der Waals surface area contributed by atoms with Crippen LogP contribution in [0.2, 0.25) is 0 Å². The molecule has 0 N–H and O–H groups in total. The molecule has 0 unspecified atom stereocenters. The Balaban J connectivity index is 2.22. The van der Waals surface area contributed by atoms with Gasteiger partial charge in [-0.2, -0.15) is 0 Å². The first kappa shape index (κ1) is 19.5. The molecule has 3 heteroatoms. The average molecular weight is 481 g/mol. The Morgan fingerprint density at radius 1 is 0.889 bits per heavy atom. The Bertz CT molecular complexity index is 998. The normalized spacial score (nSPS) is 11.7. The Hall–Kier alpha value is -2.23. The zero-order valence-electron chi connectivity index (χ0n) is 15.0. The number of hydrogen-bond acceptors (Lipinski definition) is 1. The highest BCUT2D eigenvalue weighted by Crippen LogP contribution is 2.32. The molecule has 1 heterocycles. The Kier molecular flexibility index (Phi) is 6.59. The summed E-state index contributed by atoms with van der Waals surface area (Å²) >= 11 is 7.18. The summed E-state index contributed by atoms with van der Waals surface area (Å²) in [6.07, 6.45) is 7.81. The summed E-state index contributed by atoms with van der Waals surface area (Å²) in [5.74, 6) is 0. The molecule has 0 spiro atoms. The highest BCUT2D eigenvalue weighted by molar-refractivity contribution is 9.11. The summed E-state index contributed by atoms with van der Waals surface area (Å²) in [4.78, 5) is 4.92. The van der Waals surface area contributed by atoms with E-state index in [2.05, 4.69) is 80.9 Å². The fraction of sp³-hybridized carbons (Fsp3) is 0.0417. The van der Waals surface area contributed by atoms with Crippen molar-refractivity contribution >= 4 is 37.4 Å². The SMILES string of the molecule is C=C/C=C\C(=C/C)c1cc(-c2cc(Br)cc(Br)c2)cc(-c2ccccc2)n1. The molecule has 0 radical (unpaired) electrons.